The highest BCUT2D eigenvalue weighted by Crippen LogP contribution is 2.33. The van der Waals surface area contributed by atoms with Crippen LogP contribution in [0.1, 0.15) is 34.5 Å². The number of nitrogens with one attached hydrogen (secondary N) is 2. The van der Waals surface area contributed by atoms with Gasteiger partial charge in [-0.05, 0) is 37.8 Å². The minimum atomic E-state index is -0.491. The number of rotatable bonds is 4. The summed E-state index contributed by atoms with van der Waals surface area (Å²) in [5, 5.41) is 4.92. The summed E-state index contributed by atoms with van der Waals surface area (Å²) in [6, 6.07) is 8.32. The minimum Gasteiger partial charge on any atom is -0.445 e. The molecule has 1 aliphatic heterocycles. The molecule has 0 spiro atoms. The van der Waals surface area contributed by atoms with Gasteiger partial charge in [-0.3, -0.25) is 0 Å². The lowest BCUT2D eigenvalue weighted by atomic mass is 10.0. The van der Waals surface area contributed by atoms with E-state index in [-0.39, 0.29) is 13.2 Å². The second-order valence-electron chi connectivity index (χ2n) is 6.46. The van der Waals surface area contributed by atoms with Crippen LogP contribution in [0.4, 0.5) is 9.59 Å². The van der Waals surface area contributed by atoms with E-state index in [4.69, 9.17) is 9.47 Å². The highest BCUT2D eigenvalue weighted by atomic mass is 16.6. The number of carbonyl (C=O) groups excluding carboxylic acids is 2. The number of aromatic nitrogens is 1. The molecule has 27 heavy (non-hydrogen) atoms. The van der Waals surface area contributed by atoms with Gasteiger partial charge < -0.3 is 24.7 Å². The fourth-order valence-corrected chi connectivity index (χ4v) is 3.62. The zero-order valence-electron chi connectivity index (χ0n) is 15.9. The maximum Gasteiger partial charge on any atom is 0.407 e. The molecule has 2 aromatic rings. The lowest BCUT2D eigenvalue weighted by molar-refractivity contribution is 0.134. The molecule has 1 aromatic heterocycles. The molecule has 1 aromatic carbocycles. The van der Waals surface area contributed by atoms with E-state index < -0.39 is 12.2 Å². The Morgan fingerprint density at radius 2 is 1.63 bits per heavy atom. The zero-order chi connectivity index (χ0) is 19.4. The van der Waals surface area contributed by atoms with Gasteiger partial charge in [0.1, 0.15) is 13.2 Å². The van der Waals surface area contributed by atoms with Crippen molar-refractivity contribution in [1.82, 2.24) is 15.2 Å². The van der Waals surface area contributed by atoms with Crippen molar-refractivity contribution in [3.8, 4) is 5.69 Å². The van der Waals surface area contributed by atoms with Crippen molar-refractivity contribution in [2.45, 2.75) is 39.4 Å². The van der Waals surface area contributed by atoms with Crippen LogP contribution in [-0.2, 0) is 35.5 Å². The molecule has 0 atom stereocenters. The van der Waals surface area contributed by atoms with Crippen molar-refractivity contribution in [3.05, 3.63) is 52.3 Å². The summed E-state index contributed by atoms with van der Waals surface area (Å²) in [6.07, 6.45) is 1.89. The van der Waals surface area contributed by atoms with E-state index in [0.717, 1.165) is 47.5 Å². The van der Waals surface area contributed by atoms with E-state index >= 15 is 0 Å². The predicted octanol–water partition coefficient (Wildman–Crippen LogP) is 2.99. The minimum absolute atomic E-state index is 0.125. The van der Waals surface area contributed by atoms with Crippen LogP contribution in [-0.4, -0.2) is 30.8 Å². The van der Waals surface area contributed by atoms with Gasteiger partial charge in [0, 0.05) is 42.3 Å². The van der Waals surface area contributed by atoms with Crippen LogP contribution in [0.25, 0.3) is 5.69 Å². The first-order valence-electron chi connectivity index (χ1n) is 9.06. The molecular formula is C20H25N3O4. The number of aryl methyl sites for hydroxylation is 1. The van der Waals surface area contributed by atoms with Crippen molar-refractivity contribution >= 4 is 12.2 Å². The van der Waals surface area contributed by atoms with Gasteiger partial charge in [-0.2, -0.15) is 0 Å². The predicted molar refractivity (Wildman–Crippen MR) is 101 cm³/mol. The van der Waals surface area contributed by atoms with Crippen molar-refractivity contribution < 1.29 is 19.1 Å². The smallest absolute Gasteiger partial charge is 0.407 e. The van der Waals surface area contributed by atoms with Crippen LogP contribution in [0.2, 0.25) is 0 Å². The van der Waals surface area contributed by atoms with Gasteiger partial charge in [-0.25, -0.2) is 9.59 Å². The molecule has 3 rings (SSSR count). The van der Waals surface area contributed by atoms with Gasteiger partial charge in [0.25, 0.3) is 0 Å². The average molecular weight is 371 g/mol. The van der Waals surface area contributed by atoms with Crippen LogP contribution < -0.4 is 10.6 Å². The molecule has 0 fully saturated rings. The Bertz CT molecular complexity index is 857. The molecule has 2 heterocycles. The van der Waals surface area contributed by atoms with Gasteiger partial charge in [-0.1, -0.05) is 18.2 Å². The number of hydrogen-bond acceptors (Lipinski definition) is 4. The summed E-state index contributed by atoms with van der Waals surface area (Å²) in [5.74, 6) is 0. The first-order valence-corrected chi connectivity index (χ1v) is 9.06. The normalized spacial score (nSPS) is 12.4. The Labute approximate surface area is 158 Å². The molecule has 0 unspecified atom stereocenters. The third kappa shape index (κ3) is 3.77. The van der Waals surface area contributed by atoms with Crippen LogP contribution >= 0.6 is 0 Å². The van der Waals surface area contributed by atoms with Gasteiger partial charge in [-0.15, -0.1) is 0 Å². The lowest BCUT2D eigenvalue weighted by Gasteiger charge is -2.13. The van der Waals surface area contributed by atoms with Crippen LogP contribution in [0.15, 0.2) is 24.3 Å². The molecule has 0 bridgehead atoms. The van der Waals surface area contributed by atoms with Gasteiger partial charge in [0.15, 0.2) is 0 Å². The Hall–Kier alpha value is -2.96. The molecule has 2 amide bonds. The quantitative estimate of drug-likeness (QED) is 0.866. The molecule has 0 aliphatic carbocycles. The zero-order valence-corrected chi connectivity index (χ0v) is 15.9. The molecule has 7 nitrogen and oxygen atoms in total. The van der Waals surface area contributed by atoms with Crippen LogP contribution in [0.5, 0.6) is 0 Å². The molecule has 7 heteroatoms. The van der Waals surface area contributed by atoms with Crippen molar-refractivity contribution in [3.63, 3.8) is 0 Å². The van der Waals surface area contributed by atoms with E-state index in [0.29, 0.717) is 0 Å². The monoisotopic (exact) mass is 371 g/mol. The number of nitrogens with zero attached hydrogens (tertiary/aromatic N) is 1. The maximum absolute atomic E-state index is 11.6. The van der Waals surface area contributed by atoms with Crippen molar-refractivity contribution in [1.29, 1.82) is 0 Å². The fourth-order valence-electron chi connectivity index (χ4n) is 3.62. The van der Waals surface area contributed by atoms with Gasteiger partial charge in [0.2, 0.25) is 0 Å². The van der Waals surface area contributed by atoms with Gasteiger partial charge in [0.05, 0.1) is 0 Å². The van der Waals surface area contributed by atoms with Crippen molar-refractivity contribution in [2.24, 2.45) is 0 Å². The molecular weight excluding hydrogens is 346 g/mol. The first-order chi connectivity index (χ1) is 13.1. The van der Waals surface area contributed by atoms with Crippen molar-refractivity contribution in [2.75, 3.05) is 14.1 Å². The standard InChI is InChI=1S/C20H25N3O4/c1-13-15(11-26-19(24)21-2)16(12-27-20(25)22-3)18-10-6-8-14-7-4-5-9-17(14)23(13)18/h4-5,7,9H,6,8,10-12H2,1-3H3,(H,21,24)(H,22,25). The summed E-state index contributed by atoms with van der Waals surface area (Å²) in [4.78, 5) is 23.2. The lowest BCUT2D eigenvalue weighted by Crippen LogP contribution is -2.20. The summed E-state index contributed by atoms with van der Waals surface area (Å²) in [6.45, 7) is 2.27. The summed E-state index contributed by atoms with van der Waals surface area (Å²) in [7, 11) is 3.05. The number of amides is 2. The number of fused-ring (bicyclic) bond motifs is 3. The molecule has 2 N–H and O–H groups in total. The number of para-hydroxylation sites is 1. The second kappa shape index (κ2) is 8.16. The number of ether oxygens (including phenoxy) is 2. The van der Waals surface area contributed by atoms with Crippen LogP contribution in [0, 0.1) is 6.92 Å². The fraction of sp³-hybridized carbons (Fsp3) is 0.400. The number of carbonyl (C=O) groups is 2. The first kappa shape index (κ1) is 18.8. The summed E-state index contributed by atoms with van der Waals surface area (Å²) in [5.41, 5.74) is 6.32. The van der Waals surface area contributed by atoms with E-state index in [2.05, 4.69) is 27.3 Å². The Morgan fingerprint density at radius 3 is 2.30 bits per heavy atom. The number of benzene rings is 1. The van der Waals surface area contributed by atoms with E-state index in [1.807, 2.05) is 19.1 Å². The van der Waals surface area contributed by atoms with E-state index in [1.54, 1.807) is 0 Å². The number of alkyl carbamates (subject to hydrolysis) is 2. The second-order valence-corrected chi connectivity index (χ2v) is 6.46. The molecule has 0 radical (unpaired) electrons. The maximum atomic E-state index is 11.6. The van der Waals surface area contributed by atoms with E-state index in [9.17, 15) is 9.59 Å². The van der Waals surface area contributed by atoms with Crippen LogP contribution in [0.3, 0.4) is 0 Å². The highest BCUT2D eigenvalue weighted by molar-refractivity contribution is 5.67. The van der Waals surface area contributed by atoms with Gasteiger partial charge >= 0.3 is 12.2 Å². The van der Waals surface area contributed by atoms with E-state index in [1.165, 1.54) is 19.7 Å². The summed E-state index contributed by atoms with van der Waals surface area (Å²) >= 11 is 0. The third-order valence-corrected chi connectivity index (χ3v) is 4.95. The molecule has 144 valence electrons. The number of hydrogen-bond donors (Lipinski definition) is 2. The summed E-state index contributed by atoms with van der Waals surface area (Å²) < 4.78 is 12.9. The molecule has 1 aliphatic rings. The highest BCUT2D eigenvalue weighted by Gasteiger charge is 2.25. The molecule has 0 saturated heterocycles. The Kier molecular flexibility index (Phi) is 5.69. The topological polar surface area (TPSA) is 81.6 Å². The Morgan fingerprint density at radius 1 is 1.00 bits per heavy atom. The molecule has 0 saturated carbocycles. The third-order valence-electron chi connectivity index (χ3n) is 4.95. The Balaban J connectivity index is 2.07. The SMILES string of the molecule is CNC(=O)OCc1c(COC(=O)NC)c2n(c1C)-c1ccccc1CCC2. The average Bonchev–Trinajstić information content (AvgIpc) is 2.82. The largest absolute Gasteiger partial charge is 0.445 e.